The van der Waals surface area contributed by atoms with Crippen molar-refractivity contribution in [2.75, 3.05) is 6.61 Å². The predicted octanol–water partition coefficient (Wildman–Crippen LogP) is 2.84. The second-order valence-corrected chi connectivity index (χ2v) is 4.36. The maximum atomic E-state index is 5.75. The highest BCUT2D eigenvalue weighted by Gasteiger charge is 2.18. The third-order valence-electron chi connectivity index (χ3n) is 3.08. The molecule has 16 heavy (non-hydrogen) atoms. The van der Waals surface area contributed by atoms with Crippen LogP contribution in [0.25, 0.3) is 10.9 Å². The molecule has 1 atom stereocenters. The molecule has 1 radical (unpaired) electrons. The highest BCUT2D eigenvalue weighted by Crippen LogP contribution is 2.26. The van der Waals surface area contributed by atoms with Gasteiger partial charge in [-0.15, -0.1) is 0 Å². The van der Waals surface area contributed by atoms with E-state index in [0.29, 0.717) is 0 Å². The SMILES string of the molecule is Cc1[c]c2c(cc1)cnn2C1CCCCO1. The number of aromatic nitrogens is 2. The summed E-state index contributed by atoms with van der Waals surface area (Å²) in [6.45, 7) is 2.90. The van der Waals surface area contributed by atoms with E-state index in [0.717, 1.165) is 29.5 Å². The van der Waals surface area contributed by atoms with Crippen LogP contribution >= 0.6 is 0 Å². The van der Waals surface area contributed by atoms with Crippen molar-refractivity contribution >= 4 is 10.9 Å². The Kier molecular flexibility index (Phi) is 2.40. The molecule has 0 bridgehead atoms. The van der Waals surface area contributed by atoms with Crippen molar-refractivity contribution in [1.29, 1.82) is 0 Å². The van der Waals surface area contributed by atoms with Crippen LogP contribution in [0.3, 0.4) is 0 Å². The number of hydrogen-bond donors (Lipinski definition) is 0. The summed E-state index contributed by atoms with van der Waals surface area (Å²) in [6, 6.07) is 7.51. The number of aryl methyl sites for hydroxylation is 1. The van der Waals surface area contributed by atoms with Gasteiger partial charge >= 0.3 is 0 Å². The molecule has 0 spiro atoms. The minimum absolute atomic E-state index is 0.101. The molecule has 0 saturated carbocycles. The van der Waals surface area contributed by atoms with Gasteiger partial charge in [0, 0.05) is 18.1 Å². The summed E-state index contributed by atoms with van der Waals surface area (Å²) in [5, 5.41) is 5.56. The molecule has 0 N–H and O–H groups in total. The summed E-state index contributed by atoms with van der Waals surface area (Å²) in [7, 11) is 0. The van der Waals surface area contributed by atoms with E-state index >= 15 is 0 Å². The molecule has 0 amide bonds. The Morgan fingerprint density at radius 2 is 2.38 bits per heavy atom. The van der Waals surface area contributed by atoms with E-state index in [-0.39, 0.29) is 6.23 Å². The predicted molar refractivity (Wildman–Crippen MR) is 62.1 cm³/mol. The molecule has 1 aromatic heterocycles. The van der Waals surface area contributed by atoms with Crippen LogP contribution in [0.5, 0.6) is 0 Å². The first-order valence-corrected chi connectivity index (χ1v) is 5.82. The van der Waals surface area contributed by atoms with E-state index in [1.165, 1.54) is 12.8 Å². The molecule has 1 saturated heterocycles. The minimum Gasteiger partial charge on any atom is -0.356 e. The monoisotopic (exact) mass is 215 g/mol. The maximum absolute atomic E-state index is 5.75. The Hall–Kier alpha value is -1.35. The minimum atomic E-state index is 0.101. The van der Waals surface area contributed by atoms with E-state index in [1.807, 2.05) is 10.9 Å². The molecule has 1 aliphatic heterocycles. The summed E-state index contributed by atoms with van der Waals surface area (Å²) in [5.41, 5.74) is 2.21. The molecule has 3 heteroatoms. The first-order valence-electron chi connectivity index (χ1n) is 5.82. The van der Waals surface area contributed by atoms with Crippen LogP contribution in [0, 0.1) is 13.0 Å². The van der Waals surface area contributed by atoms with Gasteiger partial charge in [-0.25, -0.2) is 4.68 Å². The highest BCUT2D eigenvalue weighted by atomic mass is 16.5. The van der Waals surface area contributed by atoms with E-state index < -0.39 is 0 Å². The number of ether oxygens (including phenoxy) is 1. The van der Waals surface area contributed by atoms with Crippen LogP contribution in [0.1, 0.15) is 31.1 Å². The Morgan fingerprint density at radius 1 is 1.44 bits per heavy atom. The molecular formula is C13H15N2O. The van der Waals surface area contributed by atoms with Gasteiger partial charge in [-0.3, -0.25) is 0 Å². The lowest BCUT2D eigenvalue weighted by Gasteiger charge is -2.23. The van der Waals surface area contributed by atoms with Crippen LogP contribution < -0.4 is 0 Å². The third-order valence-corrected chi connectivity index (χ3v) is 3.08. The van der Waals surface area contributed by atoms with E-state index in [2.05, 4.69) is 30.2 Å². The van der Waals surface area contributed by atoms with Crippen LogP contribution in [0.4, 0.5) is 0 Å². The smallest absolute Gasteiger partial charge is 0.150 e. The van der Waals surface area contributed by atoms with Crippen molar-refractivity contribution in [2.24, 2.45) is 0 Å². The average molecular weight is 215 g/mol. The Morgan fingerprint density at radius 3 is 3.19 bits per heavy atom. The van der Waals surface area contributed by atoms with E-state index in [1.54, 1.807) is 0 Å². The molecule has 1 aromatic carbocycles. The molecule has 1 fully saturated rings. The van der Waals surface area contributed by atoms with Gasteiger partial charge < -0.3 is 4.74 Å². The normalized spacial score (nSPS) is 21.4. The van der Waals surface area contributed by atoms with Gasteiger partial charge in [0.1, 0.15) is 0 Å². The molecule has 3 nitrogen and oxygen atoms in total. The summed E-state index contributed by atoms with van der Waals surface area (Å²) >= 11 is 0. The van der Waals surface area contributed by atoms with Gasteiger partial charge in [0.25, 0.3) is 0 Å². The van der Waals surface area contributed by atoms with Crippen LogP contribution in [0.2, 0.25) is 0 Å². The van der Waals surface area contributed by atoms with Gasteiger partial charge in [0.2, 0.25) is 0 Å². The molecule has 0 aliphatic carbocycles. The quantitative estimate of drug-likeness (QED) is 0.731. The Balaban J connectivity index is 2.05. The highest BCUT2D eigenvalue weighted by molar-refractivity contribution is 5.78. The van der Waals surface area contributed by atoms with Crippen LogP contribution in [-0.2, 0) is 4.74 Å². The number of nitrogens with zero attached hydrogens (tertiary/aromatic N) is 2. The number of fused-ring (bicyclic) bond motifs is 1. The lowest BCUT2D eigenvalue weighted by Crippen LogP contribution is -2.18. The van der Waals surface area contributed by atoms with Crippen molar-refractivity contribution in [3.63, 3.8) is 0 Å². The van der Waals surface area contributed by atoms with Gasteiger partial charge in [0.15, 0.2) is 6.23 Å². The van der Waals surface area contributed by atoms with Gasteiger partial charge in [-0.2, -0.15) is 5.10 Å². The zero-order valence-electron chi connectivity index (χ0n) is 9.44. The van der Waals surface area contributed by atoms with Gasteiger partial charge in [0.05, 0.1) is 11.7 Å². The zero-order chi connectivity index (χ0) is 11.0. The first kappa shape index (κ1) is 9.85. The molecule has 83 valence electrons. The lowest BCUT2D eigenvalue weighted by molar-refractivity contribution is -0.0367. The summed E-state index contributed by atoms with van der Waals surface area (Å²) in [6.07, 6.45) is 5.43. The average Bonchev–Trinajstić information content (AvgIpc) is 2.73. The fourth-order valence-electron chi connectivity index (χ4n) is 2.21. The molecular weight excluding hydrogens is 200 g/mol. The fourth-order valence-corrected chi connectivity index (χ4v) is 2.21. The number of hydrogen-bond acceptors (Lipinski definition) is 2. The van der Waals surface area contributed by atoms with Crippen molar-refractivity contribution in [3.8, 4) is 0 Å². The maximum Gasteiger partial charge on any atom is 0.150 e. The molecule has 1 aliphatic rings. The molecule has 2 aromatic rings. The van der Waals surface area contributed by atoms with Gasteiger partial charge in [-0.05, 0) is 31.7 Å². The topological polar surface area (TPSA) is 27.1 Å². The van der Waals surface area contributed by atoms with Crippen LogP contribution in [-0.4, -0.2) is 16.4 Å². The summed E-state index contributed by atoms with van der Waals surface area (Å²) in [5.74, 6) is 0. The Labute approximate surface area is 95.0 Å². The van der Waals surface area contributed by atoms with Crippen molar-refractivity contribution < 1.29 is 4.74 Å². The largest absolute Gasteiger partial charge is 0.356 e. The lowest BCUT2D eigenvalue weighted by atomic mass is 10.1. The Bertz CT molecular complexity index is 498. The molecule has 2 heterocycles. The van der Waals surface area contributed by atoms with E-state index in [4.69, 9.17) is 4.74 Å². The zero-order valence-corrected chi connectivity index (χ0v) is 9.44. The van der Waals surface area contributed by atoms with Gasteiger partial charge in [-0.1, -0.05) is 12.1 Å². The number of benzene rings is 1. The van der Waals surface area contributed by atoms with Crippen molar-refractivity contribution in [2.45, 2.75) is 32.4 Å². The summed E-state index contributed by atoms with van der Waals surface area (Å²) < 4.78 is 7.72. The fraction of sp³-hybridized carbons (Fsp3) is 0.462. The number of rotatable bonds is 1. The van der Waals surface area contributed by atoms with Crippen molar-refractivity contribution in [1.82, 2.24) is 9.78 Å². The second kappa shape index (κ2) is 3.91. The molecule has 3 rings (SSSR count). The van der Waals surface area contributed by atoms with Crippen LogP contribution in [0.15, 0.2) is 18.3 Å². The second-order valence-electron chi connectivity index (χ2n) is 4.36. The third kappa shape index (κ3) is 1.61. The van der Waals surface area contributed by atoms with Crippen molar-refractivity contribution in [3.05, 3.63) is 30.0 Å². The standard InChI is InChI=1S/C13H15N2O/c1-10-5-6-11-9-14-15(12(11)8-10)13-4-2-3-7-16-13/h5-6,9,13H,2-4,7H2,1H3. The molecule has 1 unspecified atom stereocenters. The summed E-state index contributed by atoms with van der Waals surface area (Å²) in [4.78, 5) is 0. The first-order chi connectivity index (χ1) is 7.84. The van der Waals surface area contributed by atoms with E-state index in [9.17, 15) is 0 Å².